The summed E-state index contributed by atoms with van der Waals surface area (Å²) in [6, 6.07) is 21.3. The van der Waals surface area contributed by atoms with E-state index in [0.29, 0.717) is 0 Å². The Kier molecular flexibility index (Phi) is 7.07. The summed E-state index contributed by atoms with van der Waals surface area (Å²) in [6.45, 7) is 9.61. The van der Waals surface area contributed by atoms with E-state index in [1.54, 1.807) is 0 Å². The summed E-state index contributed by atoms with van der Waals surface area (Å²) in [5.41, 5.74) is 8.17. The maximum Gasteiger partial charge on any atom is 0.0880 e. The molecule has 2 aromatic carbocycles. The van der Waals surface area contributed by atoms with Crippen molar-refractivity contribution in [2.45, 2.75) is 33.6 Å². The second kappa shape index (κ2) is 10.3. The highest BCUT2D eigenvalue weighted by molar-refractivity contribution is 5.63. The van der Waals surface area contributed by atoms with Gasteiger partial charge in [0.1, 0.15) is 0 Å². The molecular formula is C27H31N5. The molecule has 5 heteroatoms. The fourth-order valence-electron chi connectivity index (χ4n) is 3.95. The van der Waals surface area contributed by atoms with Crippen LogP contribution in [0.25, 0.3) is 16.8 Å². The van der Waals surface area contributed by atoms with Crippen molar-refractivity contribution in [2.24, 2.45) is 0 Å². The standard InChI is InChI=1S/C27H31N5/c1-4-31(5-2)19-16-26-27(32(30-29-26)25-12-6-21(3)7-13-25)20-22-8-10-23(11-9-22)24-14-17-28-18-15-24/h6-15,17-18H,4-5,16,19-20H2,1-3H3. The highest BCUT2D eigenvalue weighted by Gasteiger charge is 2.16. The van der Waals surface area contributed by atoms with E-state index in [1.807, 2.05) is 29.2 Å². The maximum absolute atomic E-state index is 4.60. The van der Waals surface area contributed by atoms with Crippen LogP contribution in [-0.2, 0) is 12.8 Å². The zero-order valence-electron chi connectivity index (χ0n) is 19.2. The Morgan fingerprint density at radius 3 is 2.12 bits per heavy atom. The van der Waals surface area contributed by atoms with E-state index in [4.69, 9.17) is 0 Å². The molecule has 4 aromatic rings. The first-order valence-corrected chi connectivity index (χ1v) is 11.4. The normalized spacial score (nSPS) is 11.2. The molecule has 5 nitrogen and oxygen atoms in total. The molecule has 2 heterocycles. The van der Waals surface area contributed by atoms with Crippen molar-refractivity contribution in [1.82, 2.24) is 24.9 Å². The summed E-state index contributed by atoms with van der Waals surface area (Å²) in [7, 11) is 0. The number of nitrogens with zero attached hydrogens (tertiary/aromatic N) is 5. The Hall–Kier alpha value is -3.31. The number of hydrogen-bond acceptors (Lipinski definition) is 4. The van der Waals surface area contributed by atoms with Gasteiger partial charge in [0.05, 0.1) is 17.1 Å². The van der Waals surface area contributed by atoms with Gasteiger partial charge >= 0.3 is 0 Å². The van der Waals surface area contributed by atoms with Crippen molar-refractivity contribution in [3.8, 4) is 16.8 Å². The van der Waals surface area contributed by atoms with Crippen molar-refractivity contribution >= 4 is 0 Å². The van der Waals surface area contributed by atoms with Gasteiger partial charge in [-0.15, -0.1) is 5.10 Å². The molecule has 32 heavy (non-hydrogen) atoms. The SMILES string of the molecule is CCN(CC)CCc1nnn(-c2ccc(C)cc2)c1Cc1ccc(-c2ccncc2)cc1. The molecule has 0 radical (unpaired) electrons. The minimum absolute atomic E-state index is 0.797. The molecule has 0 aliphatic heterocycles. The lowest BCUT2D eigenvalue weighted by Crippen LogP contribution is -2.25. The van der Waals surface area contributed by atoms with Crippen molar-refractivity contribution in [3.63, 3.8) is 0 Å². The van der Waals surface area contributed by atoms with Gasteiger partial charge in [-0.3, -0.25) is 4.98 Å². The highest BCUT2D eigenvalue weighted by atomic mass is 15.4. The Morgan fingerprint density at radius 2 is 1.47 bits per heavy atom. The number of aromatic nitrogens is 4. The Morgan fingerprint density at radius 1 is 0.812 bits per heavy atom. The predicted molar refractivity (Wildman–Crippen MR) is 130 cm³/mol. The monoisotopic (exact) mass is 425 g/mol. The molecule has 0 unspecified atom stereocenters. The molecule has 0 saturated carbocycles. The van der Waals surface area contributed by atoms with Gasteiger partial charge in [-0.1, -0.05) is 61.0 Å². The van der Waals surface area contributed by atoms with Crippen molar-refractivity contribution in [2.75, 3.05) is 19.6 Å². The first-order chi connectivity index (χ1) is 15.7. The molecule has 0 saturated heterocycles. The van der Waals surface area contributed by atoms with Gasteiger partial charge in [0.25, 0.3) is 0 Å². The maximum atomic E-state index is 4.60. The molecular weight excluding hydrogens is 394 g/mol. The third-order valence-corrected chi connectivity index (χ3v) is 6.02. The number of benzene rings is 2. The van der Waals surface area contributed by atoms with Gasteiger partial charge in [-0.2, -0.15) is 0 Å². The molecule has 4 rings (SSSR count). The van der Waals surface area contributed by atoms with Crippen LogP contribution in [0.15, 0.2) is 73.1 Å². The summed E-state index contributed by atoms with van der Waals surface area (Å²) >= 11 is 0. The number of rotatable bonds is 9. The van der Waals surface area contributed by atoms with Crippen LogP contribution in [0, 0.1) is 6.92 Å². The van der Waals surface area contributed by atoms with E-state index in [9.17, 15) is 0 Å². The molecule has 0 atom stereocenters. The summed E-state index contributed by atoms with van der Waals surface area (Å²) in [5.74, 6) is 0. The second-order valence-electron chi connectivity index (χ2n) is 8.12. The molecule has 0 bridgehead atoms. The number of hydrogen-bond donors (Lipinski definition) is 0. The molecule has 0 amide bonds. The molecule has 2 aromatic heterocycles. The molecule has 164 valence electrons. The van der Waals surface area contributed by atoms with E-state index >= 15 is 0 Å². The van der Waals surface area contributed by atoms with Crippen LogP contribution in [0.3, 0.4) is 0 Å². The first kappa shape index (κ1) is 21.9. The second-order valence-corrected chi connectivity index (χ2v) is 8.12. The smallest absolute Gasteiger partial charge is 0.0880 e. The number of aryl methyl sites for hydroxylation is 1. The van der Waals surface area contributed by atoms with Crippen molar-refractivity contribution in [3.05, 3.63) is 95.6 Å². The quantitative estimate of drug-likeness (QED) is 0.374. The number of likely N-dealkylation sites (N-methyl/N-ethyl adjacent to an activating group) is 1. The van der Waals surface area contributed by atoms with E-state index < -0.39 is 0 Å². The Bertz CT molecular complexity index is 1110. The zero-order chi connectivity index (χ0) is 22.3. The van der Waals surface area contributed by atoms with Crippen LogP contribution in [0.2, 0.25) is 0 Å². The lowest BCUT2D eigenvalue weighted by molar-refractivity contribution is 0.306. The molecule has 0 aliphatic rings. The lowest BCUT2D eigenvalue weighted by atomic mass is 10.0. The van der Waals surface area contributed by atoms with Gasteiger partial charge in [-0.25, -0.2) is 4.68 Å². The largest absolute Gasteiger partial charge is 0.303 e. The van der Waals surface area contributed by atoms with Gasteiger partial charge in [0.2, 0.25) is 0 Å². The van der Waals surface area contributed by atoms with Gasteiger partial charge in [0.15, 0.2) is 0 Å². The van der Waals surface area contributed by atoms with E-state index in [2.05, 4.69) is 89.5 Å². The topological polar surface area (TPSA) is 46.8 Å². The molecule has 0 fully saturated rings. The van der Waals surface area contributed by atoms with Crippen LogP contribution in [0.1, 0.15) is 36.4 Å². The van der Waals surface area contributed by atoms with E-state index in [1.165, 1.54) is 22.3 Å². The molecule has 0 N–H and O–H groups in total. The van der Waals surface area contributed by atoms with Crippen molar-refractivity contribution in [1.29, 1.82) is 0 Å². The zero-order valence-corrected chi connectivity index (χ0v) is 19.2. The average molecular weight is 426 g/mol. The van der Waals surface area contributed by atoms with Gasteiger partial charge in [-0.05, 0) is 61.0 Å². The fourth-order valence-corrected chi connectivity index (χ4v) is 3.95. The fraction of sp³-hybridized carbons (Fsp3) is 0.296. The molecule has 0 aliphatic carbocycles. The van der Waals surface area contributed by atoms with E-state index in [-0.39, 0.29) is 0 Å². The lowest BCUT2D eigenvalue weighted by Gasteiger charge is -2.17. The summed E-state index contributed by atoms with van der Waals surface area (Å²) < 4.78 is 2.01. The van der Waals surface area contributed by atoms with Crippen LogP contribution < -0.4 is 0 Å². The predicted octanol–water partition coefficient (Wildman–Crippen LogP) is 5.11. The highest BCUT2D eigenvalue weighted by Crippen LogP contribution is 2.22. The minimum atomic E-state index is 0.797. The third kappa shape index (κ3) is 5.11. The van der Waals surface area contributed by atoms with Crippen LogP contribution in [0.5, 0.6) is 0 Å². The van der Waals surface area contributed by atoms with Crippen LogP contribution in [-0.4, -0.2) is 44.5 Å². The summed E-state index contributed by atoms with van der Waals surface area (Å²) in [6.07, 6.45) is 5.36. The summed E-state index contributed by atoms with van der Waals surface area (Å²) in [4.78, 5) is 6.54. The Balaban J connectivity index is 1.62. The molecule has 0 spiro atoms. The van der Waals surface area contributed by atoms with Crippen molar-refractivity contribution < 1.29 is 0 Å². The van der Waals surface area contributed by atoms with Gasteiger partial charge in [0, 0.05) is 31.8 Å². The first-order valence-electron chi connectivity index (χ1n) is 11.4. The number of pyridine rings is 1. The average Bonchev–Trinajstić information content (AvgIpc) is 3.23. The van der Waals surface area contributed by atoms with Crippen LogP contribution >= 0.6 is 0 Å². The Labute approximate surface area is 190 Å². The van der Waals surface area contributed by atoms with E-state index in [0.717, 1.165) is 49.6 Å². The third-order valence-electron chi connectivity index (χ3n) is 6.02. The van der Waals surface area contributed by atoms with Crippen LogP contribution in [0.4, 0.5) is 0 Å². The minimum Gasteiger partial charge on any atom is -0.303 e. The summed E-state index contributed by atoms with van der Waals surface area (Å²) in [5, 5.41) is 9.14. The van der Waals surface area contributed by atoms with Gasteiger partial charge < -0.3 is 4.90 Å².